The van der Waals surface area contributed by atoms with E-state index >= 15 is 0 Å². The Morgan fingerprint density at radius 1 is 1.21 bits per heavy atom. The van der Waals surface area contributed by atoms with Crippen LogP contribution in [0.25, 0.3) is 6.08 Å². The summed E-state index contributed by atoms with van der Waals surface area (Å²) in [5.74, 6) is 0.834. The van der Waals surface area contributed by atoms with Gasteiger partial charge in [0, 0.05) is 6.08 Å². The van der Waals surface area contributed by atoms with E-state index in [2.05, 4.69) is 0 Å². The Kier molecular flexibility index (Phi) is 3.85. The van der Waals surface area contributed by atoms with Gasteiger partial charge in [0.2, 0.25) is 0 Å². The van der Waals surface area contributed by atoms with E-state index < -0.39 is 5.97 Å². The lowest BCUT2D eigenvalue weighted by atomic mass is 10.1. The highest BCUT2D eigenvalue weighted by Crippen LogP contribution is 2.24. The number of hydrogen-bond acceptors (Lipinski definition) is 3. The summed E-state index contributed by atoms with van der Waals surface area (Å²) in [6, 6.07) is 7.52. The van der Waals surface area contributed by atoms with Crippen molar-refractivity contribution < 1.29 is 13.9 Å². The molecule has 3 heteroatoms. The van der Waals surface area contributed by atoms with Gasteiger partial charge in [0.15, 0.2) is 0 Å². The Bertz CT molecular complexity index is 584. The number of furan rings is 1. The van der Waals surface area contributed by atoms with E-state index in [1.165, 1.54) is 6.08 Å². The van der Waals surface area contributed by atoms with Gasteiger partial charge in [0.05, 0.1) is 6.26 Å². The first-order chi connectivity index (χ1) is 9.06. The highest BCUT2D eigenvalue weighted by Gasteiger charge is 2.08. The zero-order valence-electron chi connectivity index (χ0n) is 11.3. The average Bonchev–Trinajstić information content (AvgIpc) is 2.84. The summed E-state index contributed by atoms with van der Waals surface area (Å²) in [5, 5.41) is 0. The summed E-state index contributed by atoms with van der Waals surface area (Å²) < 4.78 is 10.5. The van der Waals surface area contributed by atoms with E-state index in [1.54, 1.807) is 24.5 Å². The molecule has 0 bridgehead atoms. The van der Waals surface area contributed by atoms with Crippen molar-refractivity contribution in [2.24, 2.45) is 0 Å². The fourth-order valence-corrected chi connectivity index (χ4v) is 2.00. The van der Waals surface area contributed by atoms with Crippen molar-refractivity contribution in [3.63, 3.8) is 0 Å². The standard InChI is InChI=1S/C16H16O3/c1-11-9-12(2)16(13(3)10-11)19-15(17)7-6-14-5-4-8-18-14/h4-10H,1-3H3/b7-6+. The van der Waals surface area contributed by atoms with Crippen molar-refractivity contribution >= 4 is 12.0 Å². The smallest absolute Gasteiger partial charge is 0.336 e. The molecule has 2 rings (SSSR count). The highest BCUT2D eigenvalue weighted by molar-refractivity contribution is 5.88. The first-order valence-electron chi connectivity index (χ1n) is 6.07. The largest absolute Gasteiger partial charge is 0.465 e. The van der Waals surface area contributed by atoms with Gasteiger partial charge in [-0.1, -0.05) is 17.7 Å². The van der Waals surface area contributed by atoms with Gasteiger partial charge in [0.1, 0.15) is 11.5 Å². The third-order valence-electron chi connectivity index (χ3n) is 2.73. The lowest BCUT2D eigenvalue weighted by molar-refractivity contribution is -0.129. The maximum atomic E-state index is 11.7. The van der Waals surface area contributed by atoms with Crippen LogP contribution in [0, 0.1) is 20.8 Å². The second-order valence-electron chi connectivity index (χ2n) is 4.50. The maximum Gasteiger partial charge on any atom is 0.336 e. The molecule has 1 aromatic heterocycles. The quantitative estimate of drug-likeness (QED) is 0.476. The third kappa shape index (κ3) is 3.35. The minimum Gasteiger partial charge on any atom is -0.465 e. The second kappa shape index (κ2) is 5.57. The Morgan fingerprint density at radius 2 is 1.89 bits per heavy atom. The molecule has 98 valence electrons. The van der Waals surface area contributed by atoms with E-state index in [-0.39, 0.29) is 0 Å². The number of carbonyl (C=O) groups excluding carboxylic acids is 1. The SMILES string of the molecule is Cc1cc(C)c(OC(=O)/C=C/c2ccco2)c(C)c1. The van der Waals surface area contributed by atoms with Gasteiger partial charge in [-0.2, -0.15) is 0 Å². The number of carbonyl (C=O) groups is 1. The fraction of sp³-hybridized carbons (Fsp3) is 0.188. The van der Waals surface area contributed by atoms with Crippen LogP contribution in [0.15, 0.2) is 41.0 Å². The monoisotopic (exact) mass is 256 g/mol. The zero-order chi connectivity index (χ0) is 13.8. The number of hydrogen-bond donors (Lipinski definition) is 0. The average molecular weight is 256 g/mol. The molecule has 0 radical (unpaired) electrons. The van der Waals surface area contributed by atoms with E-state index in [4.69, 9.17) is 9.15 Å². The Labute approximate surface area is 112 Å². The summed E-state index contributed by atoms with van der Waals surface area (Å²) >= 11 is 0. The first-order valence-corrected chi connectivity index (χ1v) is 6.07. The Balaban J connectivity index is 2.11. The summed E-state index contributed by atoms with van der Waals surface area (Å²) in [5.41, 5.74) is 3.07. The number of ether oxygens (including phenoxy) is 1. The van der Waals surface area contributed by atoms with Crippen LogP contribution in [-0.4, -0.2) is 5.97 Å². The third-order valence-corrected chi connectivity index (χ3v) is 2.73. The van der Waals surface area contributed by atoms with E-state index in [0.29, 0.717) is 11.5 Å². The Morgan fingerprint density at radius 3 is 2.47 bits per heavy atom. The van der Waals surface area contributed by atoms with E-state index in [0.717, 1.165) is 16.7 Å². The minimum absolute atomic E-state index is 0.411. The van der Waals surface area contributed by atoms with Crippen molar-refractivity contribution in [2.75, 3.05) is 0 Å². The van der Waals surface area contributed by atoms with Crippen molar-refractivity contribution in [3.05, 3.63) is 59.1 Å². The molecular formula is C16H16O3. The second-order valence-corrected chi connectivity index (χ2v) is 4.50. The number of aryl methyl sites for hydroxylation is 3. The minimum atomic E-state index is -0.411. The zero-order valence-corrected chi connectivity index (χ0v) is 11.3. The molecule has 0 atom stereocenters. The highest BCUT2D eigenvalue weighted by atomic mass is 16.5. The van der Waals surface area contributed by atoms with Crippen LogP contribution < -0.4 is 4.74 Å². The van der Waals surface area contributed by atoms with Crippen LogP contribution >= 0.6 is 0 Å². The molecular weight excluding hydrogens is 240 g/mol. The van der Waals surface area contributed by atoms with Crippen LogP contribution in [0.2, 0.25) is 0 Å². The molecule has 1 heterocycles. The summed E-state index contributed by atoms with van der Waals surface area (Å²) in [7, 11) is 0. The van der Waals surface area contributed by atoms with Crippen LogP contribution in [0.1, 0.15) is 22.5 Å². The summed E-state index contributed by atoms with van der Waals surface area (Å²) in [4.78, 5) is 11.7. The fourth-order valence-electron chi connectivity index (χ4n) is 2.00. The first kappa shape index (κ1) is 13.1. The van der Waals surface area contributed by atoms with E-state index in [1.807, 2.05) is 32.9 Å². The molecule has 0 saturated carbocycles. The van der Waals surface area contributed by atoms with Crippen molar-refractivity contribution in [2.45, 2.75) is 20.8 Å². The van der Waals surface area contributed by atoms with Crippen LogP contribution in [0.4, 0.5) is 0 Å². The van der Waals surface area contributed by atoms with Gasteiger partial charge in [-0.05, 0) is 50.1 Å². The normalized spacial score (nSPS) is 10.9. The van der Waals surface area contributed by atoms with E-state index in [9.17, 15) is 4.79 Å². The predicted molar refractivity (Wildman–Crippen MR) is 74.0 cm³/mol. The lowest BCUT2D eigenvalue weighted by Gasteiger charge is -2.10. The van der Waals surface area contributed by atoms with Gasteiger partial charge >= 0.3 is 5.97 Å². The molecule has 0 fully saturated rings. The predicted octanol–water partition coefficient (Wildman–Crippen LogP) is 3.82. The molecule has 0 aliphatic carbocycles. The molecule has 2 aromatic rings. The topological polar surface area (TPSA) is 39.4 Å². The lowest BCUT2D eigenvalue weighted by Crippen LogP contribution is -2.06. The maximum absolute atomic E-state index is 11.7. The van der Waals surface area contributed by atoms with Crippen molar-refractivity contribution in [1.29, 1.82) is 0 Å². The van der Waals surface area contributed by atoms with Gasteiger partial charge < -0.3 is 9.15 Å². The molecule has 19 heavy (non-hydrogen) atoms. The molecule has 0 saturated heterocycles. The van der Waals surface area contributed by atoms with Crippen LogP contribution in [0.3, 0.4) is 0 Å². The van der Waals surface area contributed by atoms with Crippen LogP contribution in [-0.2, 0) is 4.79 Å². The molecule has 0 unspecified atom stereocenters. The molecule has 0 spiro atoms. The van der Waals surface area contributed by atoms with Gasteiger partial charge in [-0.15, -0.1) is 0 Å². The van der Waals surface area contributed by atoms with Crippen molar-refractivity contribution in [3.8, 4) is 5.75 Å². The molecule has 0 amide bonds. The molecule has 0 aliphatic rings. The molecule has 0 aliphatic heterocycles. The van der Waals surface area contributed by atoms with Crippen LogP contribution in [0.5, 0.6) is 5.75 Å². The molecule has 0 N–H and O–H groups in total. The van der Waals surface area contributed by atoms with Crippen molar-refractivity contribution in [1.82, 2.24) is 0 Å². The number of rotatable bonds is 3. The molecule has 1 aromatic carbocycles. The van der Waals surface area contributed by atoms with Gasteiger partial charge in [0.25, 0.3) is 0 Å². The Hall–Kier alpha value is -2.29. The van der Waals surface area contributed by atoms with Gasteiger partial charge in [-0.25, -0.2) is 4.79 Å². The summed E-state index contributed by atoms with van der Waals surface area (Å²) in [6.45, 7) is 5.88. The number of esters is 1. The number of benzene rings is 1. The van der Waals surface area contributed by atoms with Gasteiger partial charge in [-0.3, -0.25) is 0 Å². The molecule has 3 nitrogen and oxygen atoms in total. The summed E-state index contributed by atoms with van der Waals surface area (Å²) in [6.07, 6.45) is 4.50.